The van der Waals surface area contributed by atoms with Crippen molar-refractivity contribution in [1.29, 1.82) is 0 Å². The van der Waals surface area contributed by atoms with Crippen molar-refractivity contribution >= 4 is 23.0 Å². The average Bonchev–Trinajstić information content (AvgIpc) is 2.65. The molecule has 1 aliphatic rings. The van der Waals surface area contributed by atoms with E-state index in [9.17, 15) is 13.2 Å². The summed E-state index contributed by atoms with van der Waals surface area (Å²) in [5.41, 5.74) is 6.79. The quantitative estimate of drug-likeness (QED) is 0.609. The molecule has 0 saturated carbocycles. The minimum absolute atomic E-state index is 0.103. The number of para-hydroxylation sites is 1. The Morgan fingerprint density at radius 2 is 1.85 bits per heavy atom. The molecule has 4 N–H and O–H groups in total. The molecule has 8 heteroatoms. The van der Waals surface area contributed by atoms with Crippen LogP contribution in [0.1, 0.15) is 37.7 Å². The molecule has 0 amide bonds. The number of nitrogen functional groups attached to an aromatic ring is 1. The van der Waals surface area contributed by atoms with Crippen LogP contribution in [0.4, 0.5) is 36.2 Å². The molecule has 2 aromatic rings. The molecular formula is C19H22F3N5. The van der Waals surface area contributed by atoms with Crippen LogP contribution in [0, 0.1) is 0 Å². The lowest BCUT2D eigenvalue weighted by atomic mass is 9.97. The van der Waals surface area contributed by atoms with Gasteiger partial charge in [-0.25, -0.2) is 9.97 Å². The zero-order chi connectivity index (χ0) is 19.3. The van der Waals surface area contributed by atoms with E-state index in [1.54, 1.807) is 0 Å². The van der Waals surface area contributed by atoms with E-state index in [0.717, 1.165) is 25.3 Å². The van der Waals surface area contributed by atoms with Crippen molar-refractivity contribution in [1.82, 2.24) is 9.97 Å². The third kappa shape index (κ3) is 4.90. The minimum atomic E-state index is -4.47. The number of nitrogens with one attached hydrogen (secondary N) is 2. The Kier molecular flexibility index (Phi) is 5.83. The molecule has 3 rings (SSSR count). The Balaban J connectivity index is 1.71. The lowest BCUT2D eigenvalue weighted by Gasteiger charge is -2.17. The second kappa shape index (κ2) is 8.28. The maximum absolute atomic E-state index is 13.2. The van der Waals surface area contributed by atoms with Crippen LogP contribution in [0.15, 0.2) is 42.2 Å². The van der Waals surface area contributed by atoms with Gasteiger partial charge in [0.05, 0.1) is 11.3 Å². The van der Waals surface area contributed by atoms with Crippen molar-refractivity contribution in [3.63, 3.8) is 0 Å². The summed E-state index contributed by atoms with van der Waals surface area (Å²) in [6.45, 7) is 0.658. The third-order valence-electron chi connectivity index (χ3n) is 4.49. The molecule has 1 aromatic carbocycles. The SMILES string of the molecule is Nc1c(NCCC2=CCCCC2)ncnc1Nc1ccccc1C(F)(F)F. The summed E-state index contributed by atoms with van der Waals surface area (Å²) in [6.07, 6.45) is 4.66. The molecule has 0 atom stereocenters. The summed E-state index contributed by atoms with van der Waals surface area (Å²) in [4.78, 5) is 8.09. The van der Waals surface area contributed by atoms with Crippen LogP contribution in [0.25, 0.3) is 0 Å². The van der Waals surface area contributed by atoms with Gasteiger partial charge >= 0.3 is 6.18 Å². The van der Waals surface area contributed by atoms with Crippen LogP contribution in [0.3, 0.4) is 0 Å². The fourth-order valence-electron chi connectivity index (χ4n) is 3.08. The number of hydrogen-bond acceptors (Lipinski definition) is 5. The molecule has 27 heavy (non-hydrogen) atoms. The van der Waals surface area contributed by atoms with Gasteiger partial charge in [0.25, 0.3) is 0 Å². The second-order valence-corrected chi connectivity index (χ2v) is 6.44. The van der Waals surface area contributed by atoms with Crippen molar-refractivity contribution in [2.45, 2.75) is 38.3 Å². The number of alkyl halides is 3. The smallest absolute Gasteiger partial charge is 0.393 e. The Morgan fingerprint density at radius 1 is 1.07 bits per heavy atom. The molecule has 5 nitrogen and oxygen atoms in total. The van der Waals surface area contributed by atoms with Gasteiger partial charge in [0.15, 0.2) is 11.6 Å². The van der Waals surface area contributed by atoms with E-state index >= 15 is 0 Å². The number of benzene rings is 1. The van der Waals surface area contributed by atoms with Crippen LogP contribution < -0.4 is 16.4 Å². The monoisotopic (exact) mass is 377 g/mol. The van der Waals surface area contributed by atoms with Gasteiger partial charge in [0, 0.05) is 6.54 Å². The number of anilines is 4. The molecule has 1 aromatic heterocycles. The fraction of sp³-hybridized carbons (Fsp3) is 0.368. The van der Waals surface area contributed by atoms with Gasteiger partial charge in [-0.2, -0.15) is 13.2 Å². The lowest BCUT2D eigenvalue weighted by molar-refractivity contribution is -0.136. The van der Waals surface area contributed by atoms with Gasteiger partial charge in [0.1, 0.15) is 12.0 Å². The maximum atomic E-state index is 13.2. The standard InChI is InChI=1S/C19H22F3N5/c20-19(21,22)14-8-4-5-9-15(14)27-18-16(23)17(25-12-26-18)24-11-10-13-6-2-1-3-7-13/h4-6,8-9,12H,1-3,7,10-11,23H2,(H2,24,25,26,27). The van der Waals surface area contributed by atoms with Gasteiger partial charge in [-0.05, 0) is 44.2 Å². The lowest BCUT2D eigenvalue weighted by Crippen LogP contribution is -2.12. The van der Waals surface area contributed by atoms with E-state index in [2.05, 4.69) is 26.7 Å². The van der Waals surface area contributed by atoms with E-state index in [4.69, 9.17) is 5.73 Å². The maximum Gasteiger partial charge on any atom is 0.418 e. The summed E-state index contributed by atoms with van der Waals surface area (Å²) in [6, 6.07) is 5.21. The Bertz CT molecular complexity index is 817. The first-order valence-corrected chi connectivity index (χ1v) is 8.90. The summed E-state index contributed by atoms with van der Waals surface area (Å²) in [7, 11) is 0. The van der Waals surface area contributed by atoms with Crippen LogP contribution in [-0.2, 0) is 6.18 Å². The molecule has 0 radical (unpaired) electrons. The first-order valence-electron chi connectivity index (χ1n) is 8.90. The summed E-state index contributed by atoms with van der Waals surface area (Å²) in [5, 5.41) is 5.83. The minimum Gasteiger partial charge on any atom is -0.393 e. The van der Waals surface area contributed by atoms with Crippen LogP contribution in [0.2, 0.25) is 0 Å². The molecular weight excluding hydrogens is 355 g/mol. The Labute approximate surface area is 155 Å². The van der Waals surface area contributed by atoms with Crippen molar-refractivity contribution in [2.75, 3.05) is 22.9 Å². The van der Waals surface area contributed by atoms with E-state index in [1.165, 1.54) is 42.9 Å². The number of nitrogens with zero attached hydrogens (tertiary/aromatic N) is 2. The highest BCUT2D eigenvalue weighted by molar-refractivity contribution is 5.78. The largest absolute Gasteiger partial charge is 0.418 e. The van der Waals surface area contributed by atoms with Gasteiger partial charge in [0.2, 0.25) is 0 Å². The summed E-state index contributed by atoms with van der Waals surface area (Å²) < 4.78 is 39.5. The van der Waals surface area contributed by atoms with Crippen LogP contribution in [-0.4, -0.2) is 16.5 Å². The fourth-order valence-corrected chi connectivity index (χ4v) is 3.08. The number of aromatic nitrogens is 2. The molecule has 1 aliphatic carbocycles. The highest BCUT2D eigenvalue weighted by Crippen LogP contribution is 2.36. The molecule has 0 aliphatic heterocycles. The van der Waals surface area contributed by atoms with Gasteiger partial charge in [-0.3, -0.25) is 0 Å². The Morgan fingerprint density at radius 3 is 2.59 bits per heavy atom. The normalized spacial score (nSPS) is 14.6. The van der Waals surface area contributed by atoms with Crippen molar-refractivity contribution in [3.8, 4) is 0 Å². The molecule has 144 valence electrons. The predicted molar refractivity (Wildman–Crippen MR) is 101 cm³/mol. The average molecular weight is 377 g/mol. The van der Waals surface area contributed by atoms with Crippen LogP contribution >= 0.6 is 0 Å². The highest BCUT2D eigenvalue weighted by Gasteiger charge is 2.33. The molecule has 1 heterocycles. The van der Waals surface area contributed by atoms with E-state index in [-0.39, 0.29) is 17.2 Å². The van der Waals surface area contributed by atoms with Crippen molar-refractivity contribution < 1.29 is 13.2 Å². The van der Waals surface area contributed by atoms with Crippen LogP contribution in [0.5, 0.6) is 0 Å². The van der Waals surface area contributed by atoms with Gasteiger partial charge < -0.3 is 16.4 Å². The first-order chi connectivity index (χ1) is 12.9. The molecule has 0 unspecified atom stereocenters. The number of allylic oxidation sites excluding steroid dienone is 1. The molecule has 0 spiro atoms. The summed E-state index contributed by atoms with van der Waals surface area (Å²) >= 11 is 0. The number of hydrogen-bond donors (Lipinski definition) is 3. The van der Waals surface area contributed by atoms with Gasteiger partial charge in [-0.1, -0.05) is 23.8 Å². The van der Waals surface area contributed by atoms with E-state index in [1.807, 2.05) is 0 Å². The summed E-state index contributed by atoms with van der Waals surface area (Å²) in [5.74, 6) is 0.550. The first kappa shape index (κ1) is 19.0. The topological polar surface area (TPSA) is 75.9 Å². The highest BCUT2D eigenvalue weighted by atomic mass is 19.4. The molecule has 0 bridgehead atoms. The Hall–Kier alpha value is -2.77. The molecule has 0 fully saturated rings. The third-order valence-corrected chi connectivity index (χ3v) is 4.49. The number of nitrogens with two attached hydrogens (primary N) is 1. The van der Waals surface area contributed by atoms with Crippen molar-refractivity contribution in [3.05, 3.63) is 47.8 Å². The van der Waals surface area contributed by atoms with Crippen molar-refractivity contribution in [2.24, 2.45) is 0 Å². The second-order valence-electron chi connectivity index (χ2n) is 6.44. The van der Waals surface area contributed by atoms with Gasteiger partial charge in [-0.15, -0.1) is 0 Å². The van der Waals surface area contributed by atoms with E-state index in [0.29, 0.717) is 12.4 Å². The van der Waals surface area contributed by atoms with E-state index < -0.39 is 11.7 Å². The number of halogens is 3. The number of rotatable bonds is 6. The molecule has 0 saturated heterocycles. The predicted octanol–water partition coefficient (Wildman–Crippen LogP) is 5.12. The zero-order valence-electron chi connectivity index (χ0n) is 14.8. The zero-order valence-corrected chi connectivity index (χ0v) is 14.8.